The van der Waals surface area contributed by atoms with Crippen molar-refractivity contribution in [1.82, 2.24) is 4.48 Å². The van der Waals surface area contributed by atoms with Crippen molar-refractivity contribution in [3.63, 3.8) is 0 Å². The van der Waals surface area contributed by atoms with E-state index in [2.05, 4.69) is 4.74 Å². The summed E-state index contributed by atoms with van der Waals surface area (Å²) in [5.41, 5.74) is 3.69. The number of carbonyl (C=O) groups excluding carboxylic acids is 2. The van der Waals surface area contributed by atoms with Crippen LogP contribution in [-0.2, 0) is 9.53 Å². The molecule has 152 valence electrons. The summed E-state index contributed by atoms with van der Waals surface area (Å²) in [5.74, 6) is 1.42. The maximum absolute atomic E-state index is 12.5. The Hall–Kier alpha value is -3.12. The second-order valence-electron chi connectivity index (χ2n) is 6.89. The van der Waals surface area contributed by atoms with Crippen LogP contribution in [0.5, 0.6) is 11.5 Å². The van der Waals surface area contributed by atoms with Gasteiger partial charge in [0, 0.05) is 18.1 Å². The Labute approximate surface area is 170 Å². The van der Waals surface area contributed by atoms with Crippen LogP contribution in [0.25, 0.3) is 17.2 Å². The van der Waals surface area contributed by atoms with Crippen molar-refractivity contribution in [3.8, 4) is 22.6 Å². The molecule has 0 fully saturated rings. The van der Waals surface area contributed by atoms with E-state index in [1.165, 1.54) is 0 Å². The van der Waals surface area contributed by atoms with E-state index in [-0.39, 0.29) is 11.0 Å². The van der Waals surface area contributed by atoms with Gasteiger partial charge in [-0.2, -0.15) is 9.28 Å². The molecule has 1 aliphatic rings. The van der Waals surface area contributed by atoms with Crippen molar-refractivity contribution < 1.29 is 23.8 Å². The number of nitrogens with zero attached hydrogens (tertiary/aromatic N) is 1. The van der Waals surface area contributed by atoms with Crippen LogP contribution in [0.15, 0.2) is 42.5 Å². The average molecular weight is 396 g/mol. The third-order valence-electron chi connectivity index (χ3n) is 5.03. The first kappa shape index (κ1) is 20.6. The highest BCUT2D eigenvalue weighted by Crippen LogP contribution is 2.37. The van der Waals surface area contributed by atoms with E-state index in [0.717, 1.165) is 22.4 Å². The van der Waals surface area contributed by atoms with Crippen LogP contribution >= 0.6 is 0 Å². The van der Waals surface area contributed by atoms with Crippen LogP contribution in [0.2, 0.25) is 0 Å². The number of ether oxygens (including phenoxy) is 3. The summed E-state index contributed by atoms with van der Waals surface area (Å²) >= 11 is 0. The zero-order chi connectivity index (χ0) is 20.9. The Balaban J connectivity index is 2.04. The normalized spacial score (nSPS) is 17.8. The summed E-state index contributed by atoms with van der Waals surface area (Å²) in [7, 11) is 1.77. The Morgan fingerprint density at radius 3 is 2.45 bits per heavy atom. The summed E-state index contributed by atoms with van der Waals surface area (Å²) in [6.45, 7) is 5.70. The predicted molar refractivity (Wildman–Crippen MR) is 113 cm³/mol. The smallest absolute Gasteiger partial charge is 0.490 e. The summed E-state index contributed by atoms with van der Waals surface area (Å²) in [6.07, 6.45) is 4.15. The molecule has 0 saturated heterocycles. The van der Waals surface area contributed by atoms with E-state index >= 15 is 0 Å². The molecule has 1 unspecified atom stereocenters. The maximum Gasteiger partial charge on any atom is 0.528 e. The maximum atomic E-state index is 12.5. The molecule has 0 aliphatic carbocycles. The van der Waals surface area contributed by atoms with Crippen molar-refractivity contribution in [2.75, 3.05) is 26.8 Å². The van der Waals surface area contributed by atoms with Crippen molar-refractivity contribution in [2.24, 2.45) is 0 Å². The fraction of sp³-hybridized carbons (Fsp3) is 0.304. The molecule has 6 nitrogen and oxygen atoms in total. The number of hydrogen-bond acceptors (Lipinski definition) is 5. The minimum absolute atomic E-state index is 0.0885. The average Bonchev–Trinajstić information content (AvgIpc) is 2.89. The number of rotatable bonds is 6. The van der Waals surface area contributed by atoms with Crippen LogP contribution in [-0.4, -0.2) is 39.4 Å². The first-order chi connectivity index (χ1) is 14.0. The fourth-order valence-electron chi connectivity index (χ4n) is 3.56. The molecule has 0 N–H and O–H groups in total. The third-order valence-corrected chi connectivity index (χ3v) is 5.03. The molecular formula is C23H26NO5+. The number of hydrogen-bond donors (Lipinski definition) is 0. The first-order valence-corrected chi connectivity index (χ1v) is 9.75. The number of amides is 1. The molecular weight excluding hydrogens is 370 g/mol. The van der Waals surface area contributed by atoms with Gasteiger partial charge in [0.05, 0.1) is 26.8 Å². The molecule has 1 atom stereocenters. The Bertz CT molecular complexity index is 937. The van der Waals surface area contributed by atoms with E-state index in [4.69, 9.17) is 9.47 Å². The molecule has 3 rings (SSSR count). The zero-order valence-electron chi connectivity index (χ0n) is 17.0. The summed E-state index contributed by atoms with van der Waals surface area (Å²) in [6, 6.07) is 11.8. The third kappa shape index (κ3) is 4.17. The number of quaternary nitrogens is 1. The Morgan fingerprint density at radius 2 is 1.72 bits per heavy atom. The topological polar surface area (TPSA) is 61.8 Å². The Morgan fingerprint density at radius 1 is 1.03 bits per heavy atom. The lowest BCUT2D eigenvalue weighted by Gasteiger charge is -2.28. The standard InChI is InChI=1S/C23H26NO5/c1-4-27-21-12-10-18(15-22(21)28-5-2)17-9-11-20-19(14-17)8-6-7-13-24(20,3)23(26)29-16-25/h6,8-12,14-16H,4-5,7,13H2,1-3H3/q+1. The number of fused-ring (bicyclic) bond motifs is 1. The van der Waals surface area contributed by atoms with Gasteiger partial charge in [0.1, 0.15) is 5.69 Å². The van der Waals surface area contributed by atoms with Crippen LogP contribution in [0.3, 0.4) is 0 Å². The van der Waals surface area contributed by atoms with Gasteiger partial charge in [-0.05, 0) is 49.2 Å². The van der Waals surface area contributed by atoms with Crippen LogP contribution < -0.4 is 14.0 Å². The molecule has 1 aliphatic heterocycles. The molecule has 0 radical (unpaired) electrons. The minimum Gasteiger partial charge on any atom is -0.490 e. The number of benzene rings is 2. The molecule has 1 amide bonds. The fourth-order valence-corrected chi connectivity index (χ4v) is 3.56. The minimum atomic E-state index is -0.586. The van der Waals surface area contributed by atoms with Gasteiger partial charge in [-0.3, -0.25) is 4.79 Å². The second kappa shape index (κ2) is 8.92. The van der Waals surface area contributed by atoms with Crippen LogP contribution in [0.4, 0.5) is 10.5 Å². The first-order valence-electron chi connectivity index (χ1n) is 9.75. The van der Waals surface area contributed by atoms with Gasteiger partial charge in [-0.1, -0.05) is 18.2 Å². The molecule has 29 heavy (non-hydrogen) atoms. The molecule has 6 heteroatoms. The van der Waals surface area contributed by atoms with E-state index < -0.39 is 6.09 Å². The molecule has 1 heterocycles. The van der Waals surface area contributed by atoms with E-state index in [1.54, 1.807) is 7.05 Å². The lowest BCUT2D eigenvalue weighted by Crippen LogP contribution is -2.51. The van der Waals surface area contributed by atoms with Crippen LogP contribution in [0, 0.1) is 0 Å². The van der Waals surface area contributed by atoms with Gasteiger partial charge >= 0.3 is 12.6 Å². The molecule has 0 bridgehead atoms. The van der Waals surface area contributed by atoms with Gasteiger partial charge in [-0.15, -0.1) is 0 Å². The van der Waals surface area contributed by atoms with E-state index in [0.29, 0.717) is 37.7 Å². The summed E-state index contributed by atoms with van der Waals surface area (Å²) < 4.78 is 16.0. The highest BCUT2D eigenvalue weighted by Gasteiger charge is 2.39. The highest BCUT2D eigenvalue weighted by molar-refractivity contribution is 5.90. The van der Waals surface area contributed by atoms with Crippen molar-refractivity contribution in [2.45, 2.75) is 20.3 Å². The van der Waals surface area contributed by atoms with E-state index in [9.17, 15) is 9.59 Å². The molecule has 0 aromatic heterocycles. The molecule has 0 spiro atoms. The quantitative estimate of drug-likeness (QED) is 0.399. The number of carbonyl (C=O) groups is 2. The molecule has 2 aromatic rings. The SMILES string of the molecule is CCOc1ccc(-c2ccc3c(c2)C=CCC[N+]3(C)C(=O)OC=O)cc1OCC. The van der Waals surface area contributed by atoms with Gasteiger partial charge in [0.15, 0.2) is 11.5 Å². The summed E-state index contributed by atoms with van der Waals surface area (Å²) in [5, 5.41) is 0. The van der Waals surface area contributed by atoms with Gasteiger partial charge in [-0.25, -0.2) is 0 Å². The second-order valence-corrected chi connectivity index (χ2v) is 6.89. The largest absolute Gasteiger partial charge is 0.528 e. The highest BCUT2D eigenvalue weighted by atomic mass is 16.6. The lowest BCUT2D eigenvalue weighted by molar-refractivity contribution is -0.124. The van der Waals surface area contributed by atoms with Crippen molar-refractivity contribution in [3.05, 3.63) is 48.0 Å². The van der Waals surface area contributed by atoms with Crippen molar-refractivity contribution >= 4 is 24.3 Å². The van der Waals surface area contributed by atoms with Crippen LogP contribution in [0.1, 0.15) is 25.8 Å². The Kier molecular flexibility index (Phi) is 6.34. The monoisotopic (exact) mass is 396 g/mol. The lowest BCUT2D eigenvalue weighted by atomic mass is 10.0. The molecule has 2 aromatic carbocycles. The van der Waals surface area contributed by atoms with Gasteiger partial charge in [0.2, 0.25) is 0 Å². The van der Waals surface area contributed by atoms with Crippen molar-refractivity contribution in [1.29, 1.82) is 0 Å². The zero-order valence-corrected chi connectivity index (χ0v) is 17.0. The summed E-state index contributed by atoms with van der Waals surface area (Å²) in [4.78, 5) is 23.2. The predicted octanol–water partition coefficient (Wildman–Crippen LogP) is 4.80. The van der Waals surface area contributed by atoms with Gasteiger partial charge < -0.3 is 14.2 Å². The van der Waals surface area contributed by atoms with E-state index in [1.807, 2.05) is 62.4 Å². The molecule has 0 saturated carbocycles. The van der Waals surface area contributed by atoms with Gasteiger partial charge in [0.25, 0.3) is 0 Å².